The van der Waals surface area contributed by atoms with Crippen LogP contribution < -0.4 is 0 Å². The summed E-state index contributed by atoms with van der Waals surface area (Å²) in [4.78, 5) is 4.67. The predicted molar refractivity (Wildman–Crippen MR) is 81.3 cm³/mol. The fourth-order valence-electron chi connectivity index (χ4n) is 2.04. The van der Waals surface area contributed by atoms with E-state index in [0.29, 0.717) is 0 Å². The number of hydrogen-bond donors (Lipinski definition) is 0. The molecule has 0 atom stereocenters. The van der Waals surface area contributed by atoms with Crippen molar-refractivity contribution in [1.82, 2.24) is 9.80 Å². The molecule has 0 aromatic heterocycles. The molecule has 0 aromatic rings. The van der Waals surface area contributed by atoms with Crippen molar-refractivity contribution in [2.24, 2.45) is 0 Å². The lowest BCUT2D eigenvalue weighted by atomic mass is 10.1. The van der Waals surface area contributed by atoms with Crippen LogP contribution >= 0.6 is 17.0 Å². The van der Waals surface area contributed by atoms with Crippen LogP contribution in [0.15, 0.2) is 25.1 Å². The summed E-state index contributed by atoms with van der Waals surface area (Å²) in [5, 5.41) is 0. The van der Waals surface area contributed by atoms with Crippen LogP contribution in [0.2, 0.25) is 0 Å². The molecule has 1 aliphatic heterocycles. The fourth-order valence-corrected chi connectivity index (χ4v) is 2.04. The molecule has 0 aromatic carbocycles. The minimum Gasteiger partial charge on any atom is -0.359 e. The zero-order valence-electron chi connectivity index (χ0n) is 11.1. The summed E-state index contributed by atoms with van der Waals surface area (Å²) in [6.45, 7) is 9.24. The first-order valence-corrected chi connectivity index (χ1v) is 6.64. The Morgan fingerprint density at radius 3 is 2.41 bits per heavy atom. The molecule has 0 aliphatic carbocycles. The van der Waals surface area contributed by atoms with Crippen molar-refractivity contribution in [2.45, 2.75) is 45.4 Å². The molecular formula is C14H27BrN2. The van der Waals surface area contributed by atoms with E-state index in [2.05, 4.69) is 35.7 Å². The van der Waals surface area contributed by atoms with Crippen LogP contribution in [0.25, 0.3) is 0 Å². The summed E-state index contributed by atoms with van der Waals surface area (Å²) in [6.07, 6.45) is 14.6. The highest BCUT2D eigenvalue weighted by molar-refractivity contribution is 8.93. The SMILES string of the molecule is Br.C=CCN1C=CN(CCCCCCCC)C1. The molecule has 0 spiro atoms. The molecule has 0 radical (unpaired) electrons. The van der Waals surface area contributed by atoms with Crippen LogP contribution in [-0.4, -0.2) is 29.6 Å². The molecule has 17 heavy (non-hydrogen) atoms. The van der Waals surface area contributed by atoms with Gasteiger partial charge < -0.3 is 9.80 Å². The Labute approximate surface area is 117 Å². The Morgan fingerprint density at radius 1 is 1.06 bits per heavy atom. The molecule has 1 rings (SSSR count). The molecule has 0 bridgehead atoms. The Morgan fingerprint density at radius 2 is 1.71 bits per heavy atom. The predicted octanol–water partition coefficient (Wildman–Crippen LogP) is 4.16. The smallest absolute Gasteiger partial charge is 0.0896 e. The highest BCUT2D eigenvalue weighted by Crippen LogP contribution is 2.10. The number of halogens is 1. The maximum Gasteiger partial charge on any atom is 0.0896 e. The highest BCUT2D eigenvalue weighted by Gasteiger charge is 2.09. The van der Waals surface area contributed by atoms with Crippen LogP contribution in [0, 0.1) is 0 Å². The quantitative estimate of drug-likeness (QED) is 0.466. The van der Waals surface area contributed by atoms with Gasteiger partial charge in [0, 0.05) is 25.5 Å². The van der Waals surface area contributed by atoms with Crippen molar-refractivity contribution in [2.75, 3.05) is 19.8 Å². The van der Waals surface area contributed by atoms with Gasteiger partial charge in [-0.3, -0.25) is 0 Å². The molecule has 0 amide bonds. The molecule has 1 aliphatic rings. The summed E-state index contributed by atoms with van der Waals surface area (Å²) in [7, 11) is 0. The lowest BCUT2D eigenvalue weighted by molar-refractivity contribution is 0.276. The zero-order chi connectivity index (χ0) is 11.6. The summed E-state index contributed by atoms with van der Waals surface area (Å²) < 4.78 is 0. The lowest BCUT2D eigenvalue weighted by Gasteiger charge is -2.19. The van der Waals surface area contributed by atoms with E-state index >= 15 is 0 Å². The highest BCUT2D eigenvalue weighted by atomic mass is 79.9. The van der Waals surface area contributed by atoms with Gasteiger partial charge in [-0.1, -0.05) is 45.1 Å². The lowest BCUT2D eigenvalue weighted by Crippen LogP contribution is -2.26. The van der Waals surface area contributed by atoms with E-state index in [1.54, 1.807) is 0 Å². The summed E-state index contributed by atoms with van der Waals surface area (Å²) in [6, 6.07) is 0. The number of nitrogens with zero attached hydrogens (tertiary/aromatic N) is 2. The van der Waals surface area contributed by atoms with Crippen LogP contribution in [0.5, 0.6) is 0 Å². The van der Waals surface area contributed by atoms with Crippen molar-refractivity contribution in [3.05, 3.63) is 25.1 Å². The van der Waals surface area contributed by atoms with E-state index in [4.69, 9.17) is 0 Å². The van der Waals surface area contributed by atoms with Crippen molar-refractivity contribution in [3.8, 4) is 0 Å². The minimum absolute atomic E-state index is 0. The monoisotopic (exact) mass is 302 g/mol. The van der Waals surface area contributed by atoms with Gasteiger partial charge in [-0.2, -0.15) is 0 Å². The first kappa shape index (κ1) is 16.6. The Kier molecular flexibility index (Phi) is 10.4. The summed E-state index contributed by atoms with van der Waals surface area (Å²) >= 11 is 0. The van der Waals surface area contributed by atoms with Crippen LogP contribution in [-0.2, 0) is 0 Å². The number of unbranched alkanes of at least 4 members (excludes halogenated alkanes) is 5. The van der Waals surface area contributed by atoms with Crippen molar-refractivity contribution >= 4 is 17.0 Å². The third kappa shape index (κ3) is 7.48. The topological polar surface area (TPSA) is 6.48 Å². The maximum absolute atomic E-state index is 3.76. The average molecular weight is 303 g/mol. The van der Waals surface area contributed by atoms with Gasteiger partial charge in [-0.25, -0.2) is 0 Å². The largest absolute Gasteiger partial charge is 0.359 e. The first-order chi connectivity index (χ1) is 7.86. The molecule has 0 saturated carbocycles. The standard InChI is InChI=1S/C14H26N2.BrH/c1-3-5-6-7-8-9-11-16-13-12-15(14-16)10-4-2;/h4,12-13H,2-3,5-11,14H2,1H3;1H. The molecule has 0 saturated heterocycles. The average Bonchev–Trinajstić information content (AvgIpc) is 2.72. The van der Waals surface area contributed by atoms with Crippen molar-refractivity contribution in [3.63, 3.8) is 0 Å². The van der Waals surface area contributed by atoms with E-state index in [9.17, 15) is 0 Å². The van der Waals surface area contributed by atoms with Gasteiger partial charge in [-0.05, 0) is 6.42 Å². The molecule has 100 valence electrons. The van der Waals surface area contributed by atoms with Gasteiger partial charge in [-0.15, -0.1) is 23.6 Å². The van der Waals surface area contributed by atoms with E-state index in [0.717, 1.165) is 13.2 Å². The van der Waals surface area contributed by atoms with Crippen molar-refractivity contribution < 1.29 is 0 Å². The van der Waals surface area contributed by atoms with E-state index in [1.807, 2.05) is 6.08 Å². The number of rotatable bonds is 9. The third-order valence-electron chi connectivity index (χ3n) is 3.01. The maximum atomic E-state index is 3.76. The van der Waals surface area contributed by atoms with Gasteiger partial charge >= 0.3 is 0 Å². The molecule has 2 nitrogen and oxygen atoms in total. The van der Waals surface area contributed by atoms with E-state index < -0.39 is 0 Å². The number of hydrogen-bond acceptors (Lipinski definition) is 2. The Hall–Kier alpha value is -0.440. The molecule has 0 N–H and O–H groups in total. The normalized spacial score (nSPS) is 13.9. The first-order valence-electron chi connectivity index (χ1n) is 6.64. The fraction of sp³-hybridized carbons (Fsp3) is 0.714. The Balaban J connectivity index is 0.00000256. The molecule has 1 heterocycles. The van der Waals surface area contributed by atoms with Crippen LogP contribution in [0.1, 0.15) is 45.4 Å². The van der Waals surface area contributed by atoms with Gasteiger partial charge in [0.05, 0.1) is 6.67 Å². The third-order valence-corrected chi connectivity index (χ3v) is 3.01. The molecule has 0 unspecified atom stereocenters. The second-order valence-electron chi connectivity index (χ2n) is 4.58. The van der Waals surface area contributed by atoms with E-state index in [1.165, 1.54) is 45.1 Å². The molecular weight excluding hydrogens is 276 g/mol. The molecule has 3 heteroatoms. The Bertz CT molecular complexity index is 216. The van der Waals surface area contributed by atoms with Crippen LogP contribution in [0.3, 0.4) is 0 Å². The summed E-state index contributed by atoms with van der Waals surface area (Å²) in [5.41, 5.74) is 0. The van der Waals surface area contributed by atoms with Crippen LogP contribution in [0.4, 0.5) is 0 Å². The minimum atomic E-state index is 0. The van der Waals surface area contributed by atoms with Gasteiger partial charge in [0.1, 0.15) is 0 Å². The van der Waals surface area contributed by atoms with Gasteiger partial charge in [0.25, 0.3) is 0 Å². The second-order valence-corrected chi connectivity index (χ2v) is 4.58. The zero-order valence-corrected chi connectivity index (χ0v) is 12.8. The van der Waals surface area contributed by atoms with Gasteiger partial charge in [0.2, 0.25) is 0 Å². The molecule has 0 fully saturated rings. The second kappa shape index (κ2) is 10.7. The van der Waals surface area contributed by atoms with Gasteiger partial charge in [0.15, 0.2) is 0 Å². The summed E-state index contributed by atoms with van der Waals surface area (Å²) in [5.74, 6) is 0. The van der Waals surface area contributed by atoms with Crippen molar-refractivity contribution in [1.29, 1.82) is 0 Å². The van der Waals surface area contributed by atoms with E-state index in [-0.39, 0.29) is 17.0 Å².